The summed E-state index contributed by atoms with van der Waals surface area (Å²) in [4.78, 5) is 61.4. The largest absolute Gasteiger partial charge is 0.480 e. The van der Waals surface area contributed by atoms with E-state index in [1.165, 1.54) is 36.0 Å². The number of carboxylic acids is 1. The van der Waals surface area contributed by atoms with Crippen molar-refractivity contribution in [1.29, 1.82) is 0 Å². The Labute approximate surface area is 235 Å². The van der Waals surface area contributed by atoms with E-state index in [1.54, 1.807) is 30.3 Å². The van der Waals surface area contributed by atoms with Crippen molar-refractivity contribution in [3.8, 4) is 0 Å². The number of rotatable bonds is 16. The van der Waals surface area contributed by atoms with Crippen molar-refractivity contribution >= 4 is 41.4 Å². The molecule has 0 saturated carbocycles. The third kappa shape index (κ3) is 11.8. The normalized spacial score (nSPS) is 12.9. The van der Waals surface area contributed by atoms with Crippen LogP contribution in [0.25, 0.3) is 0 Å². The van der Waals surface area contributed by atoms with Crippen LogP contribution in [0.4, 0.5) is 4.39 Å². The van der Waals surface area contributed by atoms with Gasteiger partial charge in [-0.3, -0.25) is 19.2 Å². The van der Waals surface area contributed by atoms with E-state index in [2.05, 4.69) is 21.3 Å². The van der Waals surface area contributed by atoms with Crippen molar-refractivity contribution in [3.63, 3.8) is 0 Å². The van der Waals surface area contributed by atoms with Crippen LogP contribution in [0.2, 0.25) is 0 Å². The average Bonchev–Trinajstić information content (AvgIpc) is 2.93. The first-order valence-corrected chi connectivity index (χ1v) is 13.9. The molecule has 0 heterocycles. The van der Waals surface area contributed by atoms with E-state index in [-0.39, 0.29) is 19.3 Å². The second-order valence-corrected chi connectivity index (χ2v) is 9.91. The molecule has 0 fully saturated rings. The van der Waals surface area contributed by atoms with Gasteiger partial charge in [-0.1, -0.05) is 42.5 Å². The number of halogens is 1. The SMILES string of the molecule is CSCCC(NC(=O)[C@@H](Cc1ccccc1)NC(=O)CNC(=O)CNC(=O)C(N)Cc1ccc(F)cc1)C(=O)O. The minimum Gasteiger partial charge on any atom is -0.480 e. The molecule has 0 aliphatic rings. The van der Waals surface area contributed by atoms with E-state index < -0.39 is 66.6 Å². The predicted octanol–water partition coefficient (Wildman–Crippen LogP) is -0.0221. The first-order valence-electron chi connectivity index (χ1n) is 12.5. The van der Waals surface area contributed by atoms with Crippen LogP contribution < -0.4 is 27.0 Å². The average molecular weight is 576 g/mol. The molecule has 2 aromatic rings. The Morgan fingerprint density at radius 2 is 1.45 bits per heavy atom. The quantitative estimate of drug-likeness (QED) is 0.162. The Hall–Kier alpha value is -3.97. The summed E-state index contributed by atoms with van der Waals surface area (Å²) in [6, 6.07) is 11.2. The fourth-order valence-corrected chi connectivity index (χ4v) is 4.05. The minimum atomic E-state index is -1.18. The zero-order valence-electron chi connectivity index (χ0n) is 22.0. The summed E-state index contributed by atoms with van der Waals surface area (Å²) in [6.45, 7) is -0.920. The molecule has 2 unspecified atom stereocenters. The Kier molecular flexibility index (Phi) is 13.6. The number of hydrogen-bond acceptors (Lipinski definition) is 7. The summed E-state index contributed by atoms with van der Waals surface area (Å²) in [5, 5.41) is 19.2. The molecule has 216 valence electrons. The third-order valence-electron chi connectivity index (χ3n) is 5.73. The molecule has 2 aromatic carbocycles. The Morgan fingerprint density at radius 1 is 0.825 bits per heavy atom. The van der Waals surface area contributed by atoms with Crippen LogP contribution in [0.5, 0.6) is 0 Å². The number of carboxylic acid groups (broad SMARTS) is 1. The number of nitrogens with two attached hydrogens (primary N) is 1. The topological polar surface area (TPSA) is 180 Å². The molecule has 0 bridgehead atoms. The van der Waals surface area contributed by atoms with Gasteiger partial charge >= 0.3 is 5.97 Å². The molecular weight excluding hydrogens is 541 g/mol. The van der Waals surface area contributed by atoms with Gasteiger partial charge in [0.1, 0.15) is 17.9 Å². The molecule has 0 aromatic heterocycles. The number of carbonyl (C=O) groups is 5. The Bertz CT molecular complexity index is 1150. The van der Waals surface area contributed by atoms with E-state index in [0.29, 0.717) is 11.3 Å². The lowest BCUT2D eigenvalue weighted by atomic mass is 10.0. The van der Waals surface area contributed by atoms with Crippen LogP contribution in [0, 0.1) is 5.82 Å². The number of thioether (sulfide) groups is 1. The lowest BCUT2D eigenvalue weighted by Gasteiger charge is -2.22. The molecule has 4 amide bonds. The molecule has 0 radical (unpaired) electrons. The zero-order chi connectivity index (χ0) is 29.5. The van der Waals surface area contributed by atoms with Gasteiger partial charge in [-0.2, -0.15) is 11.8 Å². The zero-order valence-corrected chi connectivity index (χ0v) is 22.8. The van der Waals surface area contributed by atoms with E-state index in [1.807, 2.05) is 6.26 Å². The lowest BCUT2D eigenvalue weighted by molar-refractivity contribution is -0.142. The Morgan fingerprint density at radius 3 is 2.08 bits per heavy atom. The molecule has 0 aliphatic carbocycles. The fraction of sp³-hybridized carbons (Fsp3) is 0.370. The summed E-state index contributed by atoms with van der Waals surface area (Å²) in [7, 11) is 0. The number of benzene rings is 2. The molecule has 0 aliphatic heterocycles. The number of amides is 4. The van der Waals surface area contributed by atoms with E-state index in [4.69, 9.17) is 5.73 Å². The molecule has 3 atom stereocenters. The van der Waals surface area contributed by atoms with Crippen LogP contribution in [0.1, 0.15) is 17.5 Å². The first-order chi connectivity index (χ1) is 19.1. The summed E-state index contributed by atoms with van der Waals surface area (Å²) >= 11 is 1.44. The van der Waals surface area contributed by atoms with Gasteiger partial charge in [0.2, 0.25) is 23.6 Å². The second kappa shape index (κ2) is 16.9. The molecule has 11 nitrogen and oxygen atoms in total. The van der Waals surface area contributed by atoms with Crippen LogP contribution in [-0.2, 0) is 36.8 Å². The van der Waals surface area contributed by atoms with Gasteiger partial charge in [-0.15, -0.1) is 0 Å². The molecule has 7 N–H and O–H groups in total. The van der Waals surface area contributed by atoms with Gasteiger partial charge in [0, 0.05) is 6.42 Å². The van der Waals surface area contributed by atoms with Crippen molar-refractivity contribution in [2.24, 2.45) is 5.73 Å². The maximum Gasteiger partial charge on any atom is 0.326 e. The maximum atomic E-state index is 13.0. The first kappa shape index (κ1) is 32.2. The van der Waals surface area contributed by atoms with Gasteiger partial charge in [-0.05, 0) is 48.1 Å². The number of aliphatic carboxylic acids is 1. The van der Waals surface area contributed by atoms with Gasteiger partial charge in [0.05, 0.1) is 19.1 Å². The molecule has 13 heteroatoms. The van der Waals surface area contributed by atoms with E-state index in [0.717, 1.165) is 5.56 Å². The molecule has 40 heavy (non-hydrogen) atoms. The number of hydrogen-bond donors (Lipinski definition) is 6. The van der Waals surface area contributed by atoms with Gasteiger partial charge in [0.15, 0.2) is 0 Å². The number of carbonyl (C=O) groups excluding carboxylic acids is 4. The Balaban J connectivity index is 1.88. The van der Waals surface area contributed by atoms with Crippen LogP contribution in [0.15, 0.2) is 54.6 Å². The van der Waals surface area contributed by atoms with Gasteiger partial charge in [0.25, 0.3) is 0 Å². The molecule has 2 rings (SSSR count). The summed E-state index contributed by atoms with van der Waals surface area (Å²) in [6.07, 6.45) is 2.27. The molecule has 0 saturated heterocycles. The second-order valence-electron chi connectivity index (χ2n) is 8.92. The highest BCUT2D eigenvalue weighted by Crippen LogP contribution is 2.07. The van der Waals surface area contributed by atoms with Crippen LogP contribution in [0.3, 0.4) is 0 Å². The van der Waals surface area contributed by atoms with E-state index >= 15 is 0 Å². The summed E-state index contributed by atoms with van der Waals surface area (Å²) in [5.74, 6) is -3.68. The van der Waals surface area contributed by atoms with Gasteiger partial charge < -0.3 is 32.1 Å². The smallest absolute Gasteiger partial charge is 0.326 e. The third-order valence-corrected chi connectivity index (χ3v) is 6.38. The monoisotopic (exact) mass is 575 g/mol. The van der Waals surface area contributed by atoms with E-state index in [9.17, 15) is 33.5 Å². The lowest BCUT2D eigenvalue weighted by Crippen LogP contribution is -2.54. The van der Waals surface area contributed by atoms with Crippen molar-refractivity contribution in [2.45, 2.75) is 37.4 Å². The fourth-order valence-electron chi connectivity index (χ4n) is 3.58. The summed E-state index contributed by atoms with van der Waals surface area (Å²) in [5.41, 5.74) is 7.23. The highest BCUT2D eigenvalue weighted by atomic mass is 32.2. The predicted molar refractivity (Wildman–Crippen MR) is 149 cm³/mol. The highest BCUT2D eigenvalue weighted by Gasteiger charge is 2.27. The van der Waals surface area contributed by atoms with Crippen molar-refractivity contribution in [1.82, 2.24) is 21.3 Å². The number of nitrogens with one attached hydrogen (secondary N) is 4. The molecule has 0 spiro atoms. The van der Waals surface area contributed by atoms with Crippen LogP contribution >= 0.6 is 11.8 Å². The van der Waals surface area contributed by atoms with Gasteiger partial charge in [-0.25, -0.2) is 9.18 Å². The minimum absolute atomic E-state index is 0.100. The molecular formula is C27H34FN5O6S. The highest BCUT2D eigenvalue weighted by molar-refractivity contribution is 7.98. The summed E-state index contributed by atoms with van der Waals surface area (Å²) < 4.78 is 13.0. The van der Waals surface area contributed by atoms with Crippen molar-refractivity contribution in [2.75, 3.05) is 25.1 Å². The van der Waals surface area contributed by atoms with Crippen molar-refractivity contribution < 1.29 is 33.5 Å². The maximum absolute atomic E-state index is 13.0. The standard InChI is InChI=1S/C27H34FN5O6S/c1-40-12-11-21(27(38)39)33-26(37)22(14-17-5-3-2-4-6-17)32-24(35)16-30-23(34)15-31-25(36)20(29)13-18-7-9-19(28)10-8-18/h2-10,20-22H,11-16,29H2,1H3,(H,30,34)(H,31,36)(H,32,35)(H,33,37)(H,38,39)/t20?,21?,22-/m1/s1. The van der Waals surface area contributed by atoms with Crippen molar-refractivity contribution in [3.05, 3.63) is 71.5 Å². The van der Waals surface area contributed by atoms with Crippen LogP contribution in [-0.4, -0.2) is 77.9 Å².